The summed E-state index contributed by atoms with van der Waals surface area (Å²) in [6.07, 6.45) is -7.66. The molecule has 0 aromatic rings. The zero-order valence-electron chi connectivity index (χ0n) is 9.93. The van der Waals surface area contributed by atoms with E-state index in [-0.39, 0.29) is 13.1 Å². The Morgan fingerprint density at radius 3 is 2.35 bits per heavy atom. The van der Waals surface area contributed by atoms with E-state index in [1.165, 1.54) is 0 Å². The van der Waals surface area contributed by atoms with Crippen LogP contribution in [0.15, 0.2) is 0 Å². The number of hydrogen-bond donors (Lipinski definition) is 1. The lowest BCUT2D eigenvalue weighted by molar-refractivity contribution is -0.243. The maximum atomic E-state index is 12.4. The zero-order chi connectivity index (χ0) is 13.3. The van der Waals surface area contributed by atoms with Crippen molar-refractivity contribution >= 4 is 5.97 Å². The van der Waals surface area contributed by atoms with Crippen molar-refractivity contribution in [2.24, 2.45) is 0 Å². The highest BCUT2D eigenvalue weighted by atomic mass is 19.4. The monoisotopic (exact) mass is 255 g/mol. The number of nitrogens with one attached hydrogen (secondary N) is 1. The molecule has 4 nitrogen and oxygen atoms in total. The number of carbonyl (C=O) groups excluding carboxylic acids is 1. The van der Waals surface area contributed by atoms with Gasteiger partial charge in [0, 0.05) is 13.1 Å². The number of ether oxygens (including phenoxy) is 2. The van der Waals surface area contributed by atoms with Crippen molar-refractivity contribution in [2.75, 3.05) is 13.1 Å². The van der Waals surface area contributed by atoms with Crippen LogP contribution in [-0.2, 0) is 14.3 Å². The van der Waals surface area contributed by atoms with Crippen molar-refractivity contribution in [3.8, 4) is 0 Å². The summed E-state index contributed by atoms with van der Waals surface area (Å²) in [4.78, 5) is 11.5. The minimum Gasteiger partial charge on any atom is -0.458 e. The Morgan fingerprint density at radius 1 is 1.29 bits per heavy atom. The number of alkyl halides is 3. The van der Waals surface area contributed by atoms with Crippen LogP contribution in [0.5, 0.6) is 0 Å². The van der Waals surface area contributed by atoms with Gasteiger partial charge in [0.05, 0.1) is 0 Å². The molecule has 2 unspecified atom stereocenters. The van der Waals surface area contributed by atoms with Gasteiger partial charge in [-0.1, -0.05) is 0 Å². The summed E-state index contributed by atoms with van der Waals surface area (Å²) in [5.74, 6) is -0.779. The first-order valence-electron chi connectivity index (χ1n) is 5.25. The molecule has 0 aromatic heterocycles. The molecule has 0 radical (unpaired) electrons. The molecule has 1 saturated heterocycles. The highest BCUT2D eigenvalue weighted by Gasteiger charge is 2.45. The molecule has 1 heterocycles. The maximum Gasteiger partial charge on any atom is 0.415 e. The SMILES string of the molecule is CC(C)(C)OC(=O)C1CNCC(C(F)(F)F)O1. The van der Waals surface area contributed by atoms with Gasteiger partial charge < -0.3 is 14.8 Å². The molecule has 0 spiro atoms. The predicted octanol–water partition coefficient (Wildman–Crippen LogP) is 1.25. The van der Waals surface area contributed by atoms with E-state index >= 15 is 0 Å². The number of morpholine rings is 1. The largest absolute Gasteiger partial charge is 0.458 e. The second-order valence-electron chi connectivity index (χ2n) is 4.85. The van der Waals surface area contributed by atoms with Gasteiger partial charge in [0.25, 0.3) is 0 Å². The molecular formula is C10H16F3NO3. The lowest BCUT2D eigenvalue weighted by Crippen LogP contribution is -2.54. The Bertz CT molecular complexity index is 286. The summed E-state index contributed by atoms with van der Waals surface area (Å²) >= 11 is 0. The lowest BCUT2D eigenvalue weighted by atomic mass is 10.2. The Morgan fingerprint density at radius 2 is 1.88 bits per heavy atom. The van der Waals surface area contributed by atoms with Gasteiger partial charge in [-0.2, -0.15) is 13.2 Å². The summed E-state index contributed by atoms with van der Waals surface area (Å²) in [5.41, 5.74) is -0.744. The highest BCUT2D eigenvalue weighted by molar-refractivity contribution is 5.75. The van der Waals surface area contributed by atoms with Crippen molar-refractivity contribution in [2.45, 2.75) is 44.8 Å². The van der Waals surface area contributed by atoms with Crippen LogP contribution in [0.3, 0.4) is 0 Å². The summed E-state index contributed by atoms with van der Waals surface area (Å²) in [6.45, 7) is 4.61. The van der Waals surface area contributed by atoms with Crippen molar-refractivity contribution in [1.82, 2.24) is 5.32 Å². The Balaban J connectivity index is 2.58. The van der Waals surface area contributed by atoms with Crippen LogP contribution >= 0.6 is 0 Å². The van der Waals surface area contributed by atoms with Gasteiger partial charge in [-0.05, 0) is 20.8 Å². The van der Waals surface area contributed by atoms with Crippen molar-refractivity contribution in [1.29, 1.82) is 0 Å². The van der Waals surface area contributed by atoms with E-state index in [2.05, 4.69) is 5.32 Å². The third kappa shape index (κ3) is 4.51. The van der Waals surface area contributed by atoms with Crippen molar-refractivity contribution < 1.29 is 27.4 Å². The predicted molar refractivity (Wildman–Crippen MR) is 53.4 cm³/mol. The van der Waals surface area contributed by atoms with E-state index in [0.717, 1.165) is 0 Å². The molecule has 1 aliphatic rings. The van der Waals surface area contributed by atoms with E-state index in [1.807, 2.05) is 0 Å². The molecule has 1 rings (SSSR count). The number of esters is 1. The molecule has 1 aliphatic heterocycles. The van der Waals surface area contributed by atoms with Crippen LogP contribution < -0.4 is 5.32 Å². The number of rotatable bonds is 1. The van der Waals surface area contributed by atoms with Crippen LogP contribution in [0, 0.1) is 0 Å². The second kappa shape index (κ2) is 4.81. The zero-order valence-corrected chi connectivity index (χ0v) is 9.93. The third-order valence-corrected chi connectivity index (χ3v) is 2.02. The molecule has 0 amide bonds. The Labute approximate surface area is 97.5 Å². The molecule has 1 fully saturated rings. The molecule has 1 N–H and O–H groups in total. The molecular weight excluding hydrogens is 239 g/mol. The quantitative estimate of drug-likeness (QED) is 0.716. The standard InChI is InChI=1S/C10H16F3NO3/c1-9(2,3)17-8(15)6-4-14-5-7(16-6)10(11,12)13/h6-7,14H,4-5H2,1-3H3. The molecule has 17 heavy (non-hydrogen) atoms. The van der Waals surface area contributed by atoms with Crippen molar-refractivity contribution in [3.05, 3.63) is 0 Å². The summed E-state index contributed by atoms with van der Waals surface area (Å²) in [6, 6.07) is 0. The van der Waals surface area contributed by atoms with Gasteiger partial charge in [-0.15, -0.1) is 0 Å². The van der Waals surface area contributed by atoms with Gasteiger partial charge in [0.2, 0.25) is 0 Å². The summed E-state index contributed by atoms with van der Waals surface area (Å²) < 4.78 is 46.9. The van der Waals surface area contributed by atoms with Gasteiger partial charge >= 0.3 is 12.1 Å². The van der Waals surface area contributed by atoms with E-state index < -0.39 is 30.0 Å². The minimum atomic E-state index is -4.48. The van der Waals surface area contributed by atoms with Gasteiger partial charge in [0.15, 0.2) is 12.2 Å². The number of halogens is 3. The van der Waals surface area contributed by atoms with Crippen LogP contribution in [0.25, 0.3) is 0 Å². The fourth-order valence-corrected chi connectivity index (χ4v) is 1.34. The van der Waals surface area contributed by atoms with Gasteiger partial charge in [-0.25, -0.2) is 4.79 Å². The van der Waals surface area contributed by atoms with Crippen LogP contribution in [0.1, 0.15) is 20.8 Å². The second-order valence-corrected chi connectivity index (χ2v) is 4.85. The van der Waals surface area contributed by atoms with Gasteiger partial charge in [-0.3, -0.25) is 0 Å². The average molecular weight is 255 g/mol. The van der Waals surface area contributed by atoms with Crippen LogP contribution in [0.2, 0.25) is 0 Å². The molecule has 0 bridgehead atoms. The average Bonchev–Trinajstić information content (AvgIpc) is 2.14. The first kappa shape index (κ1) is 14.2. The van der Waals surface area contributed by atoms with Crippen LogP contribution in [0.4, 0.5) is 13.2 Å². The van der Waals surface area contributed by atoms with Gasteiger partial charge in [0.1, 0.15) is 5.60 Å². The number of carbonyl (C=O) groups is 1. The molecule has 100 valence electrons. The van der Waals surface area contributed by atoms with E-state index in [9.17, 15) is 18.0 Å². The fourth-order valence-electron chi connectivity index (χ4n) is 1.34. The topological polar surface area (TPSA) is 47.6 Å². The normalized spacial score (nSPS) is 26.7. The molecule has 0 aliphatic carbocycles. The molecule has 0 saturated carbocycles. The number of hydrogen-bond acceptors (Lipinski definition) is 4. The Kier molecular flexibility index (Phi) is 4.03. The van der Waals surface area contributed by atoms with Crippen molar-refractivity contribution in [3.63, 3.8) is 0 Å². The maximum absolute atomic E-state index is 12.4. The molecule has 2 atom stereocenters. The molecule has 7 heteroatoms. The molecule has 0 aromatic carbocycles. The first-order valence-corrected chi connectivity index (χ1v) is 5.25. The Hall–Kier alpha value is -0.820. The summed E-state index contributed by atoms with van der Waals surface area (Å²) in [7, 11) is 0. The fraction of sp³-hybridized carbons (Fsp3) is 0.900. The highest BCUT2D eigenvalue weighted by Crippen LogP contribution is 2.25. The first-order chi connectivity index (χ1) is 7.59. The van der Waals surface area contributed by atoms with Crippen LogP contribution in [-0.4, -0.2) is 43.0 Å². The van der Waals surface area contributed by atoms with E-state index in [1.54, 1.807) is 20.8 Å². The third-order valence-electron chi connectivity index (χ3n) is 2.02. The lowest BCUT2D eigenvalue weighted by Gasteiger charge is -2.32. The summed E-state index contributed by atoms with van der Waals surface area (Å²) in [5, 5.41) is 2.51. The van der Waals surface area contributed by atoms with E-state index in [4.69, 9.17) is 9.47 Å². The van der Waals surface area contributed by atoms with E-state index in [0.29, 0.717) is 0 Å². The smallest absolute Gasteiger partial charge is 0.415 e. The minimum absolute atomic E-state index is 0.0293.